The van der Waals surface area contributed by atoms with E-state index < -0.39 is 7.14 Å². The van der Waals surface area contributed by atoms with Gasteiger partial charge in [0, 0.05) is 54.1 Å². The molecule has 0 saturated heterocycles. The van der Waals surface area contributed by atoms with E-state index in [4.69, 9.17) is 4.98 Å². The van der Waals surface area contributed by atoms with Gasteiger partial charge in [0.2, 0.25) is 0 Å². The Hall–Kier alpha value is -6.54. The van der Waals surface area contributed by atoms with Crippen molar-refractivity contribution in [2.75, 3.05) is 0 Å². The minimum atomic E-state index is -3.10. The van der Waals surface area contributed by atoms with Crippen LogP contribution in [-0.2, 0) is 4.57 Å². The second kappa shape index (κ2) is 12.6. The first-order valence-corrected chi connectivity index (χ1v) is 19.6. The Balaban J connectivity index is 1.26. The van der Waals surface area contributed by atoms with Gasteiger partial charge in [-0.25, -0.2) is 4.98 Å². The average molecular weight is 697 g/mol. The maximum atomic E-state index is 15.2. The van der Waals surface area contributed by atoms with Gasteiger partial charge in [-0.2, -0.15) is 0 Å². The van der Waals surface area contributed by atoms with E-state index in [1.807, 2.05) is 60.7 Å². The molecule has 10 rings (SSSR count). The van der Waals surface area contributed by atoms with Gasteiger partial charge in [0.25, 0.3) is 0 Å². The molecule has 0 saturated carbocycles. The number of hydrogen-bond donors (Lipinski definition) is 0. The van der Waals surface area contributed by atoms with Crippen molar-refractivity contribution in [1.29, 1.82) is 0 Å². The molecule has 2 heterocycles. The molecule has 4 heteroatoms. The minimum Gasteiger partial charge on any atom is -0.309 e. The summed E-state index contributed by atoms with van der Waals surface area (Å²) < 4.78 is 17.6. The summed E-state index contributed by atoms with van der Waals surface area (Å²) >= 11 is 0. The van der Waals surface area contributed by atoms with Gasteiger partial charge in [0.1, 0.15) is 0 Å². The molecule has 8 aromatic carbocycles. The topological polar surface area (TPSA) is 34.9 Å². The van der Waals surface area contributed by atoms with Crippen LogP contribution in [0.5, 0.6) is 0 Å². The lowest BCUT2D eigenvalue weighted by molar-refractivity contribution is 0.592. The van der Waals surface area contributed by atoms with Crippen LogP contribution in [0.4, 0.5) is 0 Å². The molecule has 3 nitrogen and oxygen atoms in total. The molecule has 0 spiro atoms. The summed E-state index contributed by atoms with van der Waals surface area (Å²) in [6.45, 7) is 0. The molecule has 10 aromatic rings. The predicted molar refractivity (Wildman–Crippen MR) is 224 cm³/mol. The molecule has 0 atom stereocenters. The highest BCUT2D eigenvalue weighted by molar-refractivity contribution is 7.85. The maximum Gasteiger partial charge on any atom is 0.171 e. The summed E-state index contributed by atoms with van der Waals surface area (Å²) in [7, 11) is -3.10. The molecule has 0 radical (unpaired) electrons. The first-order valence-electron chi connectivity index (χ1n) is 17.9. The van der Waals surface area contributed by atoms with Crippen LogP contribution in [0.25, 0.3) is 71.6 Å². The van der Waals surface area contributed by atoms with Crippen LogP contribution >= 0.6 is 7.14 Å². The van der Waals surface area contributed by atoms with Crippen molar-refractivity contribution < 1.29 is 4.57 Å². The van der Waals surface area contributed by atoms with E-state index in [1.165, 1.54) is 16.2 Å². The summed E-state index contributed by atoms with van der Waals surface area (Å²) in [6, 6.07) is 68.9. The summed E-state index contributed by atoms with van der Waals surface area (Å²) in [4.78, 5) is 5.24. The standard InChI is InChI=1S/C49H33N2OP/c52-53(37-20-9-3-10-21-37,38-22-11-4-12-23-38)39-30-28-34(29-31-39)40-25-15-27-45-46(40)43-33-32-42-47(49(43)51(45)36-18-7-2-8-19-36)41-24-13-14-26-44(41)50-48(42)35-16-5-1-6-17-35/h1-33H. The van der Waals surface area contributed by atoms with Crippen molar-refractivity contribution in [2.24, 2.45) is 0 Å². The zero-order valence-electron chi connectivity index (χ0n) is 28.8. The lowest BCUT2D eigenvalue weighted by atomic mass is 9.95. The average Bonchev–Trinajstić information content (AvgIpc) is 3.59. The Labute approximate surface area is 307 Å². The molecule has 0 amide bonds. The van der Waals surface area contributed by atoms with Crippen molar-refractivity contribution >= 4 is 66.5 Å². The van der Waals surface area contributed by atoms with E-state index in [9.17, 15) is 0 Å². The number of nitrogens with zero attached hydrogens (tertiary/aromatic N) is 2. The van der Waals surface area contributed by atoms with E-state index in [-0.39, 0.29) is 0 Å². The molecule has 53 heavy (non-hydrogen) atoms. The highest BCUT2D eigenvalue weighted by Gasteiger charge is 2.30. The molecule has 0 unspecified atom stereocenters. The zero-order chi connectivity index (χ0) is 35.4. The van der Waals surface area contributed by atoms with Crippen molar-refractivity contribution in [3.63, 3.8) is 0 Å². The van der Waals surface area contributed by atoms with E-state index in [0.29, 0.717) is 0 Å². The molecule has 0 aliphatic rings. The van der Waals surface area contributed by atoms with Crippen molar-refractivity contribution in [2.45, 2.75) is 0 Å². The van der Waals surface area contributed by atoms with Crippen molar-refractivity contribution in [3.05, 3.63) is 200 Å². The Morgan fingerprint density at radius 1 is 0.415 bits per heavy atom. The molecular formula is C49H33N2OP. The minimum absolute atomic E-state index is 0.816. The predicted octanol–water partition coefficient (Wildman–Crippen LogP) is 11.5. The number of benzene rings is 8. The molecule has 2 aromatic heterocycles. The fourth-order valence-corrected chi connectivity index (χ4v) is 10.7. The lowest BCUT2D eigenvalue weighted by Crippen LogP contribution is -2.24. The van der Waals surface area contributed by atoms with E-state index in [0.717, 1.165) is 71.3 Å². The first-order chi connectivity index (χ1) is 26.2. The Kier molecular flexibility index (Phi) is 7.42. The summed E-state index contributed by atoms with van der Waals surface area (Å²) in [5.74, 6) is 0. The van der Waals surface area contributed by atoms with Crippen LogP contribution in [0.1, 0.15) is 0 Å². The largest absolute Gasteiger partial charge is 0.309 e. The molecule has 0 fully saturated rings. The van der Waals surface area contributed by atoms with Gasteiger partial charge in [-0.05, 0) is 35.4 Å². The van der Waals surface area contributed by atoms with E-state index >= 15 is 4.57 Å². The van der Waals surface area contributed by atoms with Crippen molar-refractivity contribution in [1.82, 2.24) is 9.55 Å². The number of hydrogen-bond acceptors (Lipinski definition) is 2. The second-order valence-electron chi connectivity index (χ2n) is 13.4. The van der Waals surface area contributed by atoms with Gasteiger partial charge in [-0.1, -0.05) is 176 Å². The Morgan fingerprint density at radius 2 is 0.981 bits per heavy atom. The van der Waals surface area contributed by atoms with Gasteiger partial charge in [-0.3, -0.25) is 0 Å². The van der Waals surface area contributed by atoms with Crippen LogP contribution in [0, 0.1) is 0 Å². The molecular weight excluding hydrogens is 664 g/mol. The molecule has 0 bridgehead atoms. The van der Waals surface area contributed by atoms with Gasteiger partial charge in [0.05, 0.1) is 22.2 Å². The van der Waals surface area contributed by atoms with E-state index in [1.54, 1.807) is 0 Å². The molecule has 250 valence electrons. The zero-order valence-corrected chi connectivity index (χ0v) is 29.7. The lowest BCUT2D eigenvalue weighted by Gasteiger charge is -2.20. The Bertz CT molecular complexity index is 2950. The molecule has 0 aliphatic heterocycles. The maximum absolute atomic E-state index is 15.2. The fourth-order valence-electron chi connectivity index (χ4n) is 8.06. The summed E-state index contributed by atoms with van der Waals surface area (Å²) in [5, 5.41) is 8.24. The van der Waals surface area contributed by atoms with Crippen LogP contribution in [0.3, 0.4) is 0 Å². The van der Waals surface area contributed by atoms with Gasteiger partial charge < -0.3 is 9.13 Å². The van der Waals surface area contributed by atoms with Crippen LogP contribution in [0.2, 0.25) is 0 Å². The van der Waals surface area contributed by atoms with Gasteiger partial charge in [0.15, 0.2) is 7.14 Å². The normalized spacial score (nSPS) is 11.8. The van der Waals surface area contributed by atoms with E-state index in [2.05, 4.69) is 144 Å². The third-order valence-corrected chi connectivity index (χ3v) is 13.5. The fraction of sp³-hybridized carbons (Fsp3) is 0. The SMILES string of the molecule is O=P(c1ccccc1)(c1ccccc1)c1ccc(-c2cccc3c2c2ccc4c(-c5ccccc5)nc5ccccc5c4c2n3-c2ccccc2)cc1. The van der Waals surface area contributed by atoms with Crippen molar-refractivity contribution in [3.8, 4) is 28.1 Å². The first kappa shape index (κ1) is 31.2. The number of pyridine rings is 1. The smallest absolute Gasteiger partial charge is 0.171 e. The van der Waals surface area contributed by atoms with Crippen LogP contribution in [-0.4, -0.2) is 9.55 Å². The van der Waals surface area contributed by atoms with Crippen LogP contribution in [0.15, 0.2) is 200 Å². The highest BCUT2D eigenvalue weighted by Crippen LogP contribution is 2.46. The third-order valence-electron chi connectivity index (χ3n) is 10.5. The Morgan fingerprint density at radius 3 is 1.66 bits per heavy atom. The summed E-state index contributed by atoms with van der Waals surface area (Å²) in [5.41, 5.74) is 8.61. The van der Waals surface area contributed by atoms with Gasteiger partial charge >= 0.3 is 0 Å². The number of rotatable bonds is 6. The quantitative estimate of drug-likeness (QED) is 0.128. The van der Waals surface area contributed by atoms with Crippen LogP contribution < -0.4 is 15.9 Å². The highest BCUT2D eigenvalue weighted by atomic mass is 31.2. The number of para-hydroxylation sites is 2. The molecule has 0 N–H and O–H groups in total. The monoisotopic (exact) mass is 696 g/mol. The summed E-state index contributed by atoms with van der Waals surface area (Å²) in [6.07, 6.45) is 0. The number of aromatic nitrogens is 2. The number of fused-ring (bicyclic) bond motifs is 7. The second-order valence-corrected chi connectivity index (χ2v) is 16.2. The third kappa shape index (κ3) is 4.97. The van der Waals surface area contributed by atoms with Gasteiger partial charge in [-0.15, -0.1) is 0 Å². The molecule has 0 aliphatic carbocycles.